The number of aromatic nitrogens is 3. The van der Waals surface area contributed by atoms with E-state index in [4.69, 9.17) is 5.11 Å². The van der Waals surface area contributed by atoms with E-state index in [1.807, 2.05) is 0 Å². The molecule has 0 atom stereocenters. The molecule has 0 bridgehead atoms. The van der Waals surface area contributed by atoms with Crippen LogP contribution in [0.2, 0.25) is 0 Å². The van der Waals surface area contributed by atoms with Crippen molar-refractivity contribution in [3.8, 4) is 0 Å². The zero-order chi connectivity index (χ0) is 12.8. The van der Waals surface area contributed by atoms with Crippen LogP contribution < -0.4 is 0 Å². The van der Waals surface area contributed by atoms with Crippen LogP contribution in [0.25, 0.3) is 0 Å². The van der Waals surface area contributed by atoms with Gasteiger partial charge in [-0.2, -0.15) is 18.2 Å². The summed E-state index contributed by atoms with van der Waals surface area (Å²) in [4.78, 5) is 25.5. The maximum Gasteiger partial charge on any atom is 0.453 e. The summed E-state index contributed by atoms with van der Waals surface area (Å²) < 4.78 is 37.6. The number of rotatable bonds is 0. The fourth-order valence-corrected chi connectivity index (χ4v) is 1.38. The van der Waals surface area contributed by atoms with Gasteiger partial charge in [0.05, 0.1) is 13.1 Å². The van der Waals surface area contributed by atoms with E-state index in [0.29, 0.717) is 4.90 Å². The van der Waals surface area contributed by atoms with E-state index in [1.54, 1.807) is 0 Å². The van der Waals surface area contributed by atoms with Crippen LogP contribution in [0.15, 0.2) is 0 Å². The molecule has 92 valence electrons. The first kappa shape index (κ1) is 11.4. The van der Waals surface area contributed by atoms with Gasteiger partial charge in [-0.05, 0) is 0 Å². The Kier molecular flexibility index (Phi) is 2.29. The van der Waals surface area contributed by atoms with Crippen molar-refractivity contribution in [1.82, 2.24) is 19.7 Å². The molecule has 1 aromatic heterocycles. The standard InChI is InChI=1S/C7H5F3N4O3/c8-7(9,10)5-11-3-4(15)13(6(16)17)1-2-14(3)12-5/h1-2H2,(H,16,17). The van der Waals surface area contributed by atoms with Gasteiger partial charge in [0, 0.05) is 0 Å². The predicted molar refractivity (Wildman–Crippen MR) is 44.1 cm³/mol. The summed E-state index contributed by atoms with van der Waals surface area (Å²) >= 11 is 0. The molecule has 2 rings (SSSR count). The van der Waals surface area contributed by atoms with Crippen LogP contribution in [0.3, 0.4) is 0 Å². The molecule has 0 saturated carbocycles. The number of nitrogens with zero attached hydrogens (tertiary/aromatic N) is 4. The molecule has 1 aliphatic rings. The smallest absolute Gasteiger partial charge is 0.453 e. The number of imide groups is 1. The second-order valence-corrected chi connectivity index (χ2v) is 3.22. The number of carbonyl (C=O) groups is 2. The highest BCUT2D eigenvalue weighted by molar-refractivity contribution is 6.00. The Balaban J connectivity index is 2.41. The largest absolute Gasteiger partial charge is 0.465 e. The van der Waals surface area contributed by atoms with Gasteiger partial charge < -0.3 is 5.11 Å². The number of alkyl halides is 3. The van der Waals surface area contributed by atoms with Crippen LogP contribution in [-0.2, 0) is 12.7 Å². The fraction of sp³-hybridized carbons (Fsp3) is 0.429. The third-order valence-corrected chi connectivity index (χ3v) is 2.13. The number of fused-ring (bicyclic) bond motifs is 1. The zero-order valence-corrected chi connectivity index (χ0v) is 8.10. The van der Waals surface area contributed by atoms with Crippen molar-refractivity contribution in [2.24, 2.45) is 0 Å². The van der Waals surface area contributed by atoms with Crippen LogP contribution in [0, 0.1) is 0 Å². The highest BCUT2D eigenvalue weighted by Gasteiger charge is 2.40. The summed E-state index contributed by atoms with van der Waals surface area (Å²) in [6, 6.07) is 0. The second kappa shape index (κ2) is 3.43. The molecular formula is C7H5F3N4O3. The summed E-state index contributed by atoms with van der Waals surface area (Å²) in [6.07, 6.45) is -6.30. The van der Waals surface area contributed by atoms with E-state index in [0.717, 1.165) is 4.68 Å². The molecular weight excluding hydrogens is 245 g/mol. The average Bonchev–Trinajstić information content (AvgIpc) is 2.61. The fourth-order valence-electron chi connectivity index (χ4n) is 1.38. The van der Waals surface area contributed by atoms with Gasteiger partial charge in [-0.25, -0.2) is 14.4 Å². The maximum atomic E-state index is 12.3. The Morgan fingerprint density at radius 3 is 2.53 bits per heavy atom. The Morgan fingerprint density at radius 1 is 1.35 bits per heavy atom. The molecule has 0 aliphatic carbocycles. The summed E-state index contributed by atoms with van der Waals surface area (Å²) in [5, 5.41) is 11.7. The van der Waals surface area contributed by atoms with Gasteiger partial charge in [-0.15, -0.1) is 5.10 Å². The van der Waals surface area contributed by atoms with Crippen molar-refractivity contribution in [3.05, 3.63) is 11.6 Å². The molecule has 2 amide bonds. The molecule has 17 heavy (non-hydrogen) atoms. The third kappa shape index (κ3) is 1.81. The first-order valence-corrected chi connectivity index (χ1v) is 4.37. The topological polar surface area (TPSA) is 88.3 Å². The Bertz CT molecular complexity index is 495. The van der Waals surface area contributed by atoms with Gasteiger partial charge >= 0.3 is 18.2 Å². The van der Waals surface area contributed by atoms with Crippen LogP contribution in [0.1, 0.15) is 16.4 Å². The zero-order valence-electron chi connectivity index (χ0n) is 8.10. The van der Waals surface area contributed by atoms with E-state index in [9.17, 15) is 22.8 Å². The van der Waals surface area contributed by atoms with E-state index >= 15 is 0 Å². The minimum absolute atomic E-state index is 0.142. The van der Waals surface area contributed by atoms with E-state index in [1.165, 1.54) is 0 Å². The lowest BCUT2D eigenvalue weighted by molar-refractivity contribution is -0.145. The SMILES string of the molecule is O=C(O)N1CCn2nc(C(F)(F)F)nc2C1=O. The lowest BCUT2D eigenvalue weighted by Gasteiger charge is -2.21. The Morgan fingerprint density at radius 2 is 2.00 bits per heavy atom. The quantitative estimate of drug-likeness (QED) is 0.721. The summed E-state index contributed by atoms with van der Waals surface area (Å²) in [6.45, 7) is -0.391. The normalized spacial score (nSPS) is 15.9. The lowest BCUT2D eigenvalue weighted by atomic mass is 10.4. The monoisotopic (exact) mass is 250 g/mol. The van der Waals surface area contributed by atoms with Gasteiger partial charge in [0.1, 0.15) is 0 Å². The summed E-state index contributed by atoms with van der Waals surface area (Å²) in [5.74, 6) is -3.18. The first-order chi connectivity index (χ1) is 7.80. The number of amides is 2. The molecule has 0 spiro atoms. The van der Waals surface area contributed by atoms with E-state index in [2.05, 4.69) is 10.1 Å². The molecule has 0 aromatic carbocycles. The summed E-state index contributed by atoms with van der Waals surface area (Å²) in [7, 11) is 0. The molecule has 0 radical (unpaired) electrons. The van der Waals surface area contributed by atoms with Gasteiger partial charge in [-0.1, -0.05) is 0 Å². The van der Waals surface area contributed by atoms with Crippen molar-refractivity contribution < 1.29 is 27.9 Å². The highest BCUT2D eigenvalue weighted by atomic mass is 19.4. The Hall–Kier alpha value is -2.13. The number of carbonyl (C=O) groups excluding carboxylic acids is 1. The third-order valence-electron chi connectivity index (χ3n) is 2.13. The van der Waals surface area contributed by atoms with Crippen molar-refractivity contribution >= 4 is 12.0 Å². The Labute approximate surface area is 91.5 Å². The minimum Gasteiger partial charge on any atom is -0.465 e. The number of hydrogen-bond donors (Lipinski definition) is 1. The maximum absolute atomic E-state index is 12.3. The number of carboxylic acid groups (broad SMARTS) is 1. The van der Waals surface area contributed by atoms with Crippen molar-refractivity contribution in [1.29, 1.82) is 0 Å². The van der Waals surface area contributed by atoms with Crippen molar-refractivity contribution in [2.45, 2.75) is 12.7 Å². The van der Waals surface area contributed by atoms with Crippen molar-refractivity contribution in [3.63, 3.8) is 0 Å². The van der Waals surface area contributed by atoms with E-state index < -0.39 is 29.8 Å². The molecule has 1 aromatic rings. The molecule has 0 saturated heterocycles. The van der Waals surface area contributed by atoms with Gasteiger partial charge in [-0.3, -0.25) is 4.79 Å². The van der Waals surface area contributed by atoms with Crippen molar-refractivity contribution in [2.75, 3.05) is 6.54 Å². The number of hydrogen-bond acceptors (Lipinski definition) is 4. The molecule has 1 N–H and O–H groups in total. The van der Waals surface area contributed by atoms with Crippen LogP contribution >= 0.6 is 0 Å². The molecule has 10 heteroatoms. The highest BCUT2D eigenvalue weighted by Crippen LogP contribution is 2.27. The van der Waals surface area contributed by atoms with Crippen LogP contribution in [0.4, 0.5) is 18.0 Å². The average molecular weight is 250 g/mol. The molecule has 1 aliphatic heterocycles. The first-order valence-electron chi connectivity index (χ1n) is 4.37. The second-order valence-electron chi connectivity index (χ2n) is 3.22. The molecule has 2 heterocycles. The molecule has 0 fully saturated rings. The summed E-state index contributed by atoms with van der Waals surface area (Å²) in [5.41, 5.74) is 0. The predicted octanol–water partition coefficient (Wildman–Crippen LogP) is 0.431. The lowest BCUT2D eigenvalue weighted by Crippen LogP contribution is -2.43. The van der Waals surface area contributed by atoms with Crippen LogP contribution in [0.5, 0.6) is 0 Å². The van der Waals surface area contributed by atoms with E-state index in [-0.39, 0.29) is 13.1 Å². The van der Waals surface area contributed by atoms with Crippen LogP contribution in [-0.4, -0.2) is 43.3 Å². The van der Waals surface area contributed by atoms with Gasteiger partial charge in [0.25, 0.3) is 5.82 Å². The van der Waals surface area contributed by atoms with Gasteiger partial charge in [0.2, 0.25) is 5.82 Å². The molecule has 0 unspecified atom stereocenters. The minimum atomic E-state index is -4.77. The van der Waals surface area contributed by atoms with Gasteiger partial charge in [0.15, 0.2) is 0 Å². The number of halogens is 3. The molecule has 7 nitrogen and oxygen atoms in total.